The van der Waals surface area contributed by atoms with Crippen molar-refractivity contribution in [2.45, 2.75) is 64.0 Å². The first-order valence-electron chi connectivity index (χ1n) is 6.15. The lowest BCUT2D eigenvalue weighted by atomic mass is 10.1. The van der Waals surface area contributed by atoms with Crippen molar-refractivity contribution in [2.75, 3.05) is 6.61 Å². The number of rotatable bonds is 5. The molecule has 0 bridgehead atoms. The van der Waals surface area contributed by atoms with E-state index in [4.69, 9.17) is 18.9 Å². The van der Waals surface area contributed by atoms with Crippen LogP contribution in [0.15, 0.2) is 0 Å². The Balaban J connectivity index is 1.98. The third-order valence-electron chi connectivity index (χ3n) is 2.97. The first-order chi connectivity index (χ1) is 8.07. The number of fused-ring (bicyclic) bond motifs is 1. The molecule has 4 atom stereocenters. The molecular weight excluding hydrogens is 224 g/mol. The van der Waals surface area contributed by atoms with Gasteiger partial charge in [0, 0.05) is 6.61 Å². The van der Waals surface area contributed by atoms with Crippen LogP contribution in [0.1, 0.15) is 33.6 Å². The molecule has 0 amide bonds. The molecule has 2 fully saturated rings. The number of ether oxygens (including phenoxy) is 4. The SMILES string of the molecule is CCCCO[C@@H]1C(C=O)O[C@@H]2OC(C)(C)O[C@@H]21. The molecule has 0 spiro atoms. The van der Waals surface area contributed by atoms with Gasteiger partial charge < -0.3 is 23.7 Å². The zero-order chi connectivity index (χ0) is 12.5. The standard InChI is InChI=1S/C12H20O5/c1-4-5-6-14-9-8(7-13)15-11-10(9)16-12(2,3)17-11/h7-11H,4-6H2,1-3H3/t8?,9-,10-,11-/m1/s1. The van der Waals surface area contributed by atoms with Crippen LogP contribution < -0.4 is 0 Å². The lowest BCUT2D eigenvalue weighted by Crippen LogP contribution is -2.37. The van der Waals surface area contributed by atoms with Gasteiger partial charge in [-0.05, 0) is 20.3 Å². The lowest BCUT2D eigenvalue weighted by Gasteiger charge is -2.23. The highest BCUT2D eigenvalue weighted by Crippen LogP contribution is 2.38. The molecule has 2 saturated heterocycles. The normalized spacial score (nSPS) is 39.2. The van der Waals surface area contributed by atoms with E-state index in [1.165, 1.54) is 0 Å². The summed E-state index contributed by atoms with van der Waals surface area (Å²) in [6.45, 7) is 6.36. The van der Waals surface area contributed by atoms with Gasteiger partial charge in [-0.2, -0.15) is 0 Å². The van der Waals surface area contributed by atoms with E-state index >= 15 is 0 Å². The maximum atomic E-state index is 10.9. The van der Waals surface area contributed by atoms with E-state index in [2.05, 4.69) is 6.92 Å². The van der Waals surface area contributed by atoms with E-state index < -0.39 is 18.2 Å². The third kappa shape index (κ3) is 2.68. The number of aldehydes is 1. The van der Waals surface area contributed by atoms with Crippen LogP contribution >= 0.6 is 0 Å². The van der Waals surface area contributed by atoms with E-state index in [1.54, 1.807) is 0 Å². The molecule has 2 heterocycles. The zero-order valence-electron chi connectivity index (χ0n) is 10.5. The second-order valence-corrected chi connectivity index (χ2v) is 4.89. The van der Waals surface area contributed by atoms with E-state index in [9.17, 15) is 4.79 Å². The zero-order valence-corrected chi connectivity index (χ0v) is 10.5. The van der Waals surface area contributed by atoms with Crippen LogP contribution in [0.4, 0.5) is 0 Å². The molecule has 1 unspecified atom stereocenters. The quantitative estimate of drug-likeness (QED) is 0.538. The Kier molecular flexibility index (Phi) is 3.82. The summed E-state index contributed by atoms with van der Waals surface area (Å²) >= 11 is 0. The summed E-state index contributed by atoms with van der Waals surface area (Å²) in [5.74, 6) is -0.671. The van der Waals surface area contributed by atoms with Crippen molar-refractivity contribution in [3.8, 4) is 0 Å². The fraction of sp³-hybridized carbons (Fsp3) is 0.917. The molecule has 2 aliphatic rings. The molecule has 0 saturated carbocycles. The van der Waals surface area contributed by atoms with Crippen molar-refractivity contribution in [3.05, 3.63) is 0 Å². The second-order valence-electron chi connectivity index (χ2n) is 4.89. The Bertz CT molecular complexity index is 278. The summed E-state index contributed by atoms with van der Waals surface area (Å²) in [6, 6.07) is 0. The molecule has 0 aromatic heterocycles. The van der Waals surface area contributed by atoms with Gasteiger partial charge >= 0.3 is 0 Å². The lowest BCUT2D eigenvalue weighted by molar-refractivity contribution is -0.215. The molecule has 0 aromatic carbocycles. The molecule has 0 radical (unpaired) electrons. The summed E-state index contributed by atoms with van der Waals surface area (Å²) in [6.07, 6.45) is 1.03. The summed E-state index contributed by atoms with van der Waals surface area (Å²) in [5.41, 5.74) is 0. The van der Waals surface area contributed by atoms with Crippen LogP contribution in [0, 0.1) is 0 Å². The van der Waals surface area contributed by atoms with Gasteiger partial charge in [0.05, 0.1) is 0 Å². The maximum absolute atomic E-state index is 10.9. The highest BCUT2D eigenvalue weighted by Gasteiger charge is 2.55. The van der Waals surface area contributed by atoms with E-state index in [1.807, 2.05) is 13.8 Å². The van der Waals surface area contributed by atoms with Crippen LogP contribution in [-0.2, 0) is 23.7 Å². The van der Waals surface area contributed by atoms with Gasteiger partial charge in [0.1, 0.15) is 18.3 Å². The molecule has 0 N–H and O–H groups in total. The fourth-order valence-corrected chi connectivity index (χ4v) is 2.17. The minimum Gasteiger partial charge on any atom is -0.372 e. The van der Waals surface area contributed by atoms with Crippen molar-refractivity contribution in [3.63, 3.8) is 0 Å². The molecule has 5 heteroatoms. The van der Waals surface area contributed by atoms with Crippen LogP contribution in [0.2, 0.25) is 0 Å². The summed E-state index contributed by atoms with van der Waals surface area (Å²) in [4.78, 5) is 10.9. The monoisotopic (exact) mass is 244 g/mol. The maximum Gasteiger partial charge on any atom is 0.190 e. The number of carbonyl (C=O) groups excluding carboxylic acids is 1. The van der Waals surface area contributed by atoms with Gasteiger partial charge in [0.25, 0.3) is 0 Å². The van der Waals surface area contributed by atoms with Crippen molar-refractivity contribution in [1.29, 1.82) is 0 Å². The summed E-state index contributed by atoms with van der Waals surface area (Å²) in [7, 11) is 0. The van der Waals surface area contributed by atoms with Gasteiger partial charge in [0.2, 0.25) is 0 Å². The average Bonchev–Trinajstić information content (AvgIpc) is 2.72. The van der Waals surface area contributed by atoms with Crippen LogP contribution in [0.3, 0.4) is 0 Å². The van der Waals surface area contributed by atoms with Crippen molar-refractivity contribution in [1.82, 2.24) is 0 Å². The minimum atomic E-state index is -0.671. The van der Waals surface area contributed by atoms with Gasteiger partial charge in [0.15, 0.2) is 18.4 Å². The number of carbonyl (C=O) groups is 1. The number of unbranched alkanes of at least 4 members (excludes halogenated alkanes) is 1. The Hall–Kier alpha value is -0.490. The molecule has 0 aromatic rings. The van der Waals surface area contributed by atoms with Crippen LogP contribution in [0.5, 0.6) is 0 Å². The van der Waals surface area contributed by atoms with Gasteiger partial charge in [-0.3, -0.25) is 0 Å². The summed E-state index contributed by atoms with van der Waals surface area (Å²) in [5, 5.41) is 0. The topological polar surface area (TPSA) is 54.0 Å². The average molecular weight is 244 g/mol. The van der Waals surface area contributed by atoms with Gasteiger partial charge in [-0.1, -0.05) is 13.3 Å². The second kappa shape index (κ2) is 5.02. The van der Waals surface area contributed by atoms with E-state index in [0.29, 0.717) is 6.61 Å². The largest absolute Gasteiger partial charge is 0.372 e. The van der Waals surface area contributed by atoms with Gasteiger partial charge in [-0.25, -0.2) is 0 Å². The first-order valence-corrected chi connectivity index (χ1v) is 6.15. The van der Waals surface area contributed by atoms with Crippen molar-refractivity contribution >= 4 is 6.29 Å². The molecular formula is C12H20O5. The molecule has 5 nitrogen and oxygen atoms in total. The molecule has 98 valence electrons. The smallest absolute Gasteiger partial charge is 0.190 e. The van der Waals surface area contributed by atoms with Gasteiger partial charge in [-0.15, -0.1) is 0 Å². The minimum absolute atomic E-state index is 0.308. The summed E-state index contributed by atoms with van der Waals surface area (Å²) < 4.78 is 22.4. The number of hydrogen-bond acceptors (Lipinski definition) is 5. The Morgan fingerprint density at radius 1 is 1.35 bits per heavy atom. The molecule has 2 aliphatic heterocycles. The van der Waals surface area contributed by atoms with E-state index in [0.717, 1.165) is 19.1 Å². The molecule has 17 heavy (non-hydrogen) atoms. The highest BCUT2D eigenvalue weighted by atomic mass is 16.8. The van der Waals surface area contributed by atoms with Crippen LogP contribution in [0.25, 0.3) is 0 Å². The Labute approximate surface area is 101 Å². The molecule has 0 aliphatic carbocycles. The molecule has 2 rings (SSSR count). The fourth-order valence-electron chi connectivity index (χ4n) is 2.17. The van der Waals surface area contributed by atoms with E-state index in [-0.39, 0.29) is 12.2 Å². The van der Waals surface area contributed by atoms with Crippen molar-refractivity contribution < 1.29 is 23.7 Å². The number of hydrogen-bond donors (Lipinski definition) is 0. The predicted octanol–water partition coefficient (Wildman–Crippen LogP) is 1.25. The third-order valence-corrected chi connectivity index (χ3v) is 2.97. The highest BCUT2D eigenvalue weighted by molar-refractivity contribution is 5.58. The first kappa shape index (κ1) is 13.0. The Morgan fingerprint density at radius 3 is 2.76 bits per heavy atom. The Morgan fingerprint density at radius 2 is 2.12 bits per heavy atom. The predicted molar refractivity (Wildman–Crippen MR) is 59.4 cm³/mol. The van der Waals surface area contributed by atoms with Crippen LogP contribution in [-0.4, -0.2) is 43.3 Å². The van der Waals surface area contributed by atoms with Crippen molar-refractivity contribution in [2.24, 2.45) is 0 Å².